The molecule has 0 aliphatic rings. The second-order valence-corrected chi connectivity index (χ2v) is 8.81. The lowest BCUT2D eigenvalue weighted by Crippen LogP contribution is -2.16. The molecule has 32 heavy (non-hydrogen) atoms. The quantitative estimate of drug-likeness (QED) is 0.324. The number of anilines is 1. The van der Waals surface area contributed by atoms with Gasteiger partial charge in [-0.25, -0.2) is 4.79 Å². The van der Waals surface area contributed by atoms with E-state index in [1.54, 1.807) is 6.92 Å². The van der Waals surface area contributed by atoms with Crippen LogP contribution in [0.2, 0.25) is 0 Å². The van der Waals surface area contributed by atoms with Crippen molar-refractivity contribution in [3.8, 4) is 11.1 Å². The maximum atomic E-state index is 12.9. The van der Waals surface area contributed by atoms with Crippen molar-refractivity contribution in [3.63, 3.8) is 0 Å². The first-order valence-corrected chi connectivity index (χ1v) is 11.6. The lowest BCUT2D eigenvalue weighted by Gasteiger charge is -2.10. The molecule has 0 aliphatic carbocycles. The van der Waals surface area contributed by atoms with E-state index in [-0.39, 0.29) is 18.9 Å². The van der Waals surface area contributed by atoms with Gasteiger partial charge in [-0.15, -0.1) is 11.3 Å². The van der Waals surface area contributed by atoms with Crippen LogP contribution in [-0.2, 0) is 16.0 Å². The predicted molar refractivity (Wildman–Crippen MR) is 130 cm³/mol. The van der Waals surface area contributed by atoms with Crippen LogP contribution in [0, 0.1) is 0 Å². The fraction of sp³-hybridized carbons (Fsp3) is 0.231. The van der Waals surface area contributed by atoms with Gasteiger partial charge in [0.05, 0.1) is 13.0 Å². The first-order chi connectivity index (χ1) is 15.5. The van der Waals surface area contributed by atoms with Crippen molar-refractivity contribution in [2.75, 3.05) is 11.9 Å². The summed E-state index contributed by atoms with van der Waals surface area (Å²) in [6, 6.07) is 16.0. The summed E-state index contributed by atoms with van der Waals surface area (Å²) in [5.41, 5.74) is 5.23. The number of amides is 1. The molecule has 5 nitrogen and oxygen atoms in total. The Morgan fingerprint density at radius 2 is 1.84 bits per heavy atom. The first-order valence-electron chi connectivity index (χ1n) is 10.7. The highest BCUT2D eigenvalue weighted by Crippen LogP contribution is 2.37. The fourth-order valence-electron chi connectivity index (χ4n) is 3.74. The number of ether oxygens (including phenoxy) is 1. The molecular weight excluding hydrogens is 420 g/mol. The Morgan fingerprint density at radius 1 is 1.09 bits per heavy atom. The highest BCUT2D eigenvalue weighted by atomic mass is 32.1. The van der Waals surface area contributed by atoms with Gasteiger partial charge in [0.25, 0.3) is 0 Å². The van der Waals surface area contributed by atoms with Crippen molar-refractivity contribution in [1.29, 1.82) is 0 Å². The Balaban J connectivity index is 1.61. The van der Waals surface area contributed by atoms with Gasteiger partial charge in [0, 0.05) is 28.0 Å². The monoisotopic (exact) mass is 446 g/mol. The summed E-state index contributed by atoms with van der Waals surface area (Å²) in [5, 5.41) is 6.37. The number of aromatic nitrogens is 1. The van der Waals surface area contributed by atoms with E-state index in [1.165, 1.54) is 16.9 Å². The number of nitrogens with one attached hydrogen (secondary N) is 2. The summed E-state index contributed by atoms with van der Waals surface area (Å²) in [7, 11) is 0. The third-order valence-electron chi connectivity index (χ3n) is 5.44. The molecule has 1 amide bonds. The lowest BCUT2D eigenvalue weighted by atomic mass is 9.98. The number of esters is 1. The zero-order valence-corrected chi connectivity index (χ0v) is 19.2. The van der Waals surface area contributed by atoms with E-state index >= 15 is 0 Å². The average Bonchev–Trinajstić information content (AvgIpc) is 3.38. The number of aromatic amines is 1. The van der Waals surface area contributed by atoms with Crippen LogP contribution in [-0.4, -0.2) is 23.5 Å². The van der Waals surface area contributed by atoms with Crippen LogP contribution in [0.25, 0.3) is 22.0 Å². The van der Waals surface area contributed by atoms with Gasteiger partial charge in [0.1, 0.15) is 10.6 Å². The van der Waals surface area contributed by atoms with Crippen LogP contribution in [0.5, 0.6) is 0 Å². The normalized spacial score (nSPS) is 11.1. The molecule has 0 atom stereocenters. The molecule has 0 bridgehead atoms. The van der Waals surface area contributed by atoms with Gasteiger partial charge in [0.15, 0.2) is 0 Å². The number of H-pyrrole nitrogens is 1. The smallest absolute Gasteiger partial charge is 0.341 e. The van der Waals surface area contributed by atoms with Gasteiger partial charge in [-0.3, -0.25) is 4.79 Å². The second-order valence-electron chi connectivity index (χ2n) is 7.94. The lowest BCUT2D eigenvalue weighted by molar-refractivity contribution is -0.115. The Labute approximate surface area is 191 Å². The Hall–Kier alpha value is -3.38. The number of carbonyl (C=O) groups is 2. The first kappa shape index (κ1) is 21.8. The van der Waals surface area contributed by atoms with E-state index in [0.29, 0.717) is 16.5 Å². The highest BCUT2D eigenvalue weighted by molar-refractivity contribution is 7.15. The number of para-hydroxylation sites is 1. The molecule has 2 aromatic carbocycles. The largest absolute Gasteiger partial charge is 0.462 e. The van der Waals surface area contributed by atoms with Crippen LogP contribution in [0.3, 0.4) is 0 Å². The van der Waals surface area contributed by atoms with Crippen molar-refractivity contribution >= 4 is 39.1 Å². The second kappa shape index (κ2) is 9.40. The van der Waals surface area contributed by atoms with E-state index in [0.717, 1.165) is 27.6 Å². The van der Waals surface area contributed by atoms with Crippen LogP contribution < -0.4 is 5.32 Å². The zero-order chi connectivity index (χ0) is 22.7. The number of rotatable bonds is 7. The molecule has 4 aromatic rings. The van der Waals surface area contributed by atoms with Crippen molar-refractivity contribution < 1.29 is 14.3 Å². The van der Waals surface area contributed by atoms with Crippen LogP contribution in [0.15, 0.2) is 60.1 Å². The predicted octanol–water partition coefficient (Wildman–Crippen LogP) is 6.38. The van der Waals surface area contributed by atoms with E-state index in [2.05, 4.69) is 36.3 Å². The molecule has 2 heterocycles. The van der Waals surface area contributed by atoms with Crippen molar-refractivity contribution in [1.82, 2.24) is 4.98 Å². The molecule has 6 heteroatoms. The summed E-state index contributed by atoms with van der Waals surface area (Å²) < 4.78 is 5.31. The molecule has 0 saturated heterocycles. The third kappa shape index (κ3) is 4.46. The van der Waals surface area contributed by atoms with Crippen molar-refractivity contribution in [2.45, 2.75) is 33.1 Å². The minimum Gasteiger partial charge on any atom is -0.462 e. The van der Waals surface area contributed by atoms with Gasteiger partial charge in [-0.05, 0) is 35.6 Å². The van der Waals surface area contributed by atoms with Gasteiger partial charge in [-0.2, -0.15) is 0 Å². The standard InChI is InChI=1S/C26H26N2O3S/c1-4-31-26(30)24-21(18-11-9-17(10-12-18)16(2)3)15-32-25(24)28-23(29)13-19-14-27-22-8-6-5-7-20(19)22/h5-12,14-16,27H,4,13H2,1-3H3,(H,28,29). The Morgan fingerprint density at radius 3 is 2.56 bits per heavy atom. The summed E-state index contributed by atoms with van der Waals surface area (Å²) in [6.45, 7) is 6.33. The molecule has 0 radical (unpaired) electrons. The van der Waals surface area contributed by atoms with Gasteiger partial charge >= 0.3 is 5.97 Å². The summed E-state index contributed by atoms with van der Waals surface area (Å²) in [5.74, 6) is -0.182. The van der Waals surface area contributed by atoms with Crippen LogP contribution in [0.1, 0.15) is 48.2 Å². The molecule has 4 rings (SSSR count). The summed E-state index contributed by atoms with van der Waals surface area (Å²) in [4.78, 5) is 28.8. The molecule has 0 aliphatic heterocycles. The molecule has 0 spiro atoms. The molecule has 0 fully saturated rings. The molecule has 0 saturated carbocycles. The highest BCUT2D eigenvalue weighted by Gasteiger charge is 2.23. The summed E-state index contributed by atoms with van der Waals surface area (Å²) >= 11 is 1.34. The average molecular weight is 447 g/mol. The number of thiophene rings is 1. The Bertz CT molecular complexity index is 1250. The molecule has 0 unspecified atom stereocenters. The van der Waals surface area contributed by atoms with E-state index < -0.39 is 5.97 Å². The molecular formula is C26H26N2O3S. The summed E-state index contributed by atoms with van der Waals surface area (Å²) in [6.07, 6.45) is 2.06. The molecule has 2 N–H and O–H groups in total. The minimum atomic E-state index is -0.431. The number of fused-ring (bicyclic) bond motifs is 1. The van der Waals surface area contributed by atoms with Gasteiger partial charge < -0.3 is 15.0 Å². The zero-order valence-electron chi connectivity index (χ0n) is 18.4. The fourth-order valence-corrected chi connectivity index (χ4v) is 4.71. The molecule has 164 valence electrons. The van der Waals surface area contributed by atoms with Gasteiger partial charge in [0.2, 0.25) is 5.91 Å². The minimum absolute atomic E-state index is 0.177. The van der Waals surface area contributed by atoms with Crippen LogP contribution >= 0.6 is 11.3 Å². The number of carbonyl (C=O) groups excluding carboxylic acids is 2. The van der Waals surface area contributed by atoms with Crippen molar-refractivity contribution in [2.24, 2.45) is 0 Å². The maximum Gasteiger partial charge on any atom is 0.341 e. The van der Waals surface area contributed by atoms with E-state index in [1.807, 2.05) is 48.0 Å². The Kier molecular flexibility index (Phi) is 6.42. The van der Waals surface area contributed by atoms with Gasteiger partial charge in [-0.1, -0.05) is 56.3 Å². The van der Waals surface area contributed by atoms with E-state index in [9.17, 15) is 9.59 Å². The number of benzene rings is 2. The third-order valence-corrected chi connectivity index (χ3v) is 6.33. The number of hydrogen-bond donors (Lipinski definition) is 2. The maximum absolute atomic E-state index is 12.9. The molecule has 2 aromatic heterocycles. The van der Waals surface area contributed by atoms with Crippen LogP contribution in [0.4, 0.5) is 5.00 Å². The number of hydrogen-bond acceptors (Lipinski definition) is 4. The SMILES string of the molecule is CCOC(=O)c1c(-c2ccc(C(C)C)cc2)csc1NC(=O)Cc1c[nH]c2ccccc12. The topological polar surface area (TPSA) is 71.2 Å². The van der Waals surface area contributed by atoms with E-state index in [4.69, 9.17) is 4.74 Å². The van der Waals surface area contributed by atoms with Crippen molar-refractivity contribution in [3.05, 3.63) is 76.8 Å².